The summed E-state index contributed by atoms with van der Waals surface area (Å²) in [6.07, 6.45) is 5.00. The second-order valence-corrected chi connectivity index (χ2v) is 6.63. The van der Waals surface area contributed by atoms with E-state index < -0.39 is 0 Å². The maximum atomic E-state index is 4.64. The molecule has 0 fully saturated rings. The number of nitrogens with zero attached hydrogens (tertiary/aromatic N) is 4. The highest BCUT2D eigenvalue weighted by Crippen LogP contribution is 2.11. The average Bonchev–Trinajstić information content (AvgIpc) is 3.04. The van der Waals surface area contributed by atoms with Crippen LogP contribution in [0.2, 0.25) is 0 Å². The van der Waals surface area contributed by atoms with Crippen molar-refractivity contribution in [3.8, 4) is 0 Å². The highest BCUT2D eigenvalue weighted by atomic mass is 15.3. The van der Waals surface area contributed by atoms with Crippen molar-refractivity contribution < 1.29 is 0 Å². The van der Waals surface area contributed by atoms with Crippen LogP contribution in [0.25, 0.3) is 0 Å². The van der Waals surface area contributed by atoms with Crippen LogP contribution in [-0.4, -0.2) is 25.1 Å². The van der Waals surface area contributed by atoms with Crippen molar-refractivity contribution in [3.05, 3.63) is 35.9 Å². The molecule has 1 atom stereocenters. The van der Waals surface area contributed by atoms with Crippen LogP contribution in [0.4, 0.5) is 0 Å². The van der Waals surface area contributed by atoms with E-state index in [0.29, 0.717) is 6.04 Å². The van der Waals surface area contributed by atoms with Gasteiger partial charge in [-0.3, -0.25) is 9.36 Å². The van der Waals surface area contributed by atoms with Crippen LogP contribution in [0.15, 0.2) is 24.5 Å². The van der Waals surface area contributed by atoms with Gasteiger partial charge in [0.2, 0.25) is 0 Å². The minimum Gasteiger partial charge on any atom is -0.306 e. The molecule has 0 amide bonds. The zero-order valence-electron chi connectivity index (χ0n) is 13.8. The van der Waals surface area contributed by atoms with Crippen molar-refractivity contribution in [2.45, 2.75) is 65.7 Å². The Morgan fingerprint density at radius 3 is 2.71 bits per heavy atom. The van der Waals surface area contributed by atoms with Crippen molar-refractivity contribution >= 4 is 0 Å². The Morgan fingerprint density at radius 2 is 2.05 bits per heavy atom. The Bertz CT molecular complexity index is 561. The largest absolute Gasteiger partial charge is 0.306 e. The summed E-state index contributed by atoms with van der Waals surface area (Å²) in [5.41, 5.74) is 2.34. The van der Waals surface area contributed by atoms with Crippen molar-refractivity contribution in [3.63, 3.8) is 0 Å². The Morgan fingerprint density at radius 1 is 1.29 bits per heavy atom. The van der Waals surface area contributed by atoms with Gasteiger partial charge in [-0.05, 0) is 46.2 Å². The van der Waals surface area contributed by atoms with Gasteiger partial charge in [0.15, 0.2) is 0 Å². The van der Waals surface area contributed by atoms with E-state index in [9.17, 15) is 0 Å². The molecule has 0 spiro atoms. The van der Waals surface area contributed by atoms with Crippen LogP contribution < -0.4 is 5.32 Å². The van der Waals surface area contributed by atoms with E-state index in [4.69, 9.17) is 0 Å². The first-order chi connectivity index (χ1) is 9.89. The number of hydrogen-bond acceptors (Lipinski definition) is 3. The van der Waals surface area contributed by atoms with Gasteiger partial charge in [-0.1, -0.05) is 6.92 Å². The lowest BCUT2D eigenvalue weighted by molar-refractivity contribution is 0.413. The maximum Gasteiger partial charge on any atom is 0.0853 e. The Kier molecular flexibility index (Phi) is 4.83. The Labute approximate surface area is 127 Å². The van der Waals surface area contributed by atoms with E-state index in [2.05, 4.69) is 68.5 Å². The van der Waals surface area contributed by atoms with E-state index in [0.717, 1.165) is 25.2 Å². The van der Waals surface area contributed by atoms with Crippen LogP contribution >= 0.6 is 0 Å². The molecule has 2 aromatic heterocycles. The van der Waals surface area contributed by atoms with Crippen molar-refractivity contribution in [2.24, 2.45) is 0 Å². The van der Waals surface area contributed by atoms with Crippen LogP contribution in [0, 0.1) is 0 Å². The van der Waals surface area contributed by atoms with E-state index in [-0.39, 0.29) is 5.54 Å². The fraction of sp³-hybridized carbons (Fsp3) is 0.625. The summed E-state index contributed by atoms with van der Waals surface area (Å²) in [4.78, 5) is 0. The van der Waals surface area contributed by atoms with Gasteiger partial charge in [0.1, 0.15) is 0 Å². The zero-order chi connectivity index (χ0) is 15.5. The molecule has 0 aromatic carbocycles. The molecule has 0 aliphatic rings. The quantitative estimate of drug-likeness (QED) is 0.889. The van der Waals surface area contributed by atoms with Gasteiger partial charge in [-0.2, -0.15) is 10.2 Å². The summed E-state index contributed by atoms with van der Waals surface area (Å²) in [6.45, 7) is 12.4. The molecule has 2 heterocycles. The van der Waals surface area contributed by atoms with Gasteiger partial charge in [-0.25, -0.2) is 0 Å². The normalized spacial score (nSPS) is 13.6. The fourth-order valence-corrected chi connectivity index (χ4v) is 2.06. The smallest absolute Gasteiger partial charge is 0.0853 e. The van der Waals surface area contributed by atoms with Crippen LogP contribution in [0.1, 0.15) is 58.5 Å². The third-order valence-corrected chi connectivity index (χ3v) is 3.62. The molecule has 2 rings (SSSR count). The molecule has 0 saturated heterocycles. The summed E-state index contributed by atoms with van der Waals surface area (Å²) in [5.74, 6) is 0. The first-order valence-corrected chi connectivity index (χ1v) is 7.69. The average molecular weight is 289 g/mol. The third kappa shape index (κ3) is 4.43. The van der Waals surface area contributed by atoms with Crippen LogP contribution in [-0.2, 0) is 13.1 Å². The Balaban J connectivity index is 2.03. The van der Waals surface area contributed by atoms with Gasteiger partial charge in [0.05, 0.1) is 17.9 Å². The predicted molar refractivity (Wildman–Crippen MR) is 85.2 cm³/mol. The van der Waals surface area contributed by atoms with E-state index in [1.807, 2.05) is 15.6 Å². The zero-order valence-corrected chi connectivity index (χ0v) is 13.8. The van der Waals surface area contributed by atoms with Crippen molar-refractivity contribution in [2.75, 3.05) is 0 Å². The molecule has 5 nitrogen and oxygen atoms in total. The van der Waals surface area contributed by atoms with Gasteiger partial charge in [0, 0.05) is 30.5 Å². The molecule has 0 bridgehead atoms. The number of aromatic nitrogens is 4. The topological polar surface area (TPSA) is 47.7 Å². The lowest BCUT2D eigenvalue weighted by Gasteiger charge is -2.20. The summed E-state index contributed by atoms with van der Waals surface area (Å²) >= 11 is 0. The minimum absolute atomic E-state index is 0.104. The molecule has 116 valence electrons. The summed E-state index contributed by atoms with van der Waals surface area (Å²) < 4.78 is 4.05. The van der Waals surface area contributed by atoms with E-state index in [1.54, 1.807) is 0 Å². The monoisotopic (exact) mass is 289 g/mol. The number of hydrogen-bond donors (Lipinski definition) is 1. The standard InChI is InChI=1S/C16H27N5/c1-6-13(2)20-10-8-14(19-20)12-21-15(7-9-18-21)11-17-16(3,4)5/h7-10,13,17H,6,11-12H2,1-5H3. The van der Waals surface area contributed by atoms with Crippen LogP contribution in [0.5, 0.6) is 0 Å². The lowest BCUT2D eigenvalue weighted by Crippen LogP contribution is -2.35. The molecule has 1 N–H and O–H groups in total. The second kappa shape index (κ2) is 6.43. The molecule has 2 aromatic rings. The minimum atomic E-state index is 0.104. The molecule has 0 saturated carbocycles. The summed E-state index contributed by atoms with van der Waals surface area (Å²) in [7, 11) is 0. The first kappa shape index (κ1) is 15.8. The molecule has 1 unspecified atom stereocenters. The first-order valence-electron chi connectivity index (χ1n) is 7.69. The van der Waals surface area contributed by atoms with Crippen LogP contribution in [0.3, 0.4) is 0 Å². The highest BCUT2D eigenvalue weighted by molar-refractivity contribution is 5.06. The van der Waals surface area contributed by atoms with E-state index >= 15 is 0 Å². The molecule has 0 radical (unpaired) electrons. The van der Waals surface area contributed by atoms with Gasteiger partial charge in [-0.15, -0.1) is 0 Å². The van der Waals surface area contributed by atoms with Gasteiger partial charge >= 0.3 is 0 Å². The summed E-state index contributed by atoms with van der Waals surface area (Å²) in [6, 6.07) is 4.58. The molecular weight excluding hydrogens is 262 g/mol. The van der Waals surface area contributed by atoms with Crippen molar-refractivity contribution in [1.29, 1.82) is 0 Å². The van der Waals surface area contributed by atoms with E-state index in [1.165, 1.54) is 5.69 Å². The van der Waals surface area contributed by atoms with Gasteiger partial charge in [0.25, 0.3) is 0 Å². The SMILES string of the molecule is CCC(C)n1ccc(Cn2nccc2CNC(C)(C)C)n1. The predicted octanol–water partition coefficient (Wildman–Crippen LogP) is 2.99. The maximum absolute atomic E-state index is 4.64. The van der Waals surface area contributed by atoms with Crippen molar-refractivity contribution in [1.82, 2.24) is 24.9 Å². The fourth-order valence-electron chi connectivity index (χ4n) is 2.06. The highest BCUT2D eigenvalue weighted by Gasteiger charge is 2.12. The lowest BCUT2D eigenvalue weighted by atomic mass is 10.1. The Hall–Kier alpha value is -1.62. The second-order valence-electron chi connectivity index (χ2n) is 6.63. The third-order valence-electron chi connectivity index (χ3n) is 3.62. The molecule has 21 heavy (non-hydrogen) atoms. The van der Waals surface area contributed by atoms with Gasteiger partial charge < -0.3 is 5.32 Å². The molecular formula is C16H27N5. The number of rotatable bonds is 6. The molecule has 0 aliphatic heterocycles. The number of nitrogens with one attached hydrogen (secondary N) is 1. The molecule has 5 heteroatoms. The molecule has 0 aliphatic carbocycles. The summed E-state index contributed by atoms with van der Waals surface area (Å²) in [5, 5.41) is 12.6.